The van der Waals surface area contributed by atoms with Crippen LogP contribution in [0.15, 0.2) is 34.1 Å². The van der Waals surface area contributed by atoms with Crippen LogP contribution in [0.2, 0.25) is 0 Å². The summed E-state index contributed by atoms with van der Waals surface area (Å²) in [4.78, 5) is 1.79. The van der Waals surface area contributed by atoms with Gasteiger partial charge in [0.05, 0.1) is 9.79 Å². The molecular formula is C9H16N4O4S2. The second-order valence-electron chi connectivity index (χ2n) is 3.53. The van der Waals surface area contributed by atoms with Crippen molar-refractivity contribution in [1.82, 2.24) is 20.1 Å². The third-order valence-electron chi connectivity index (χ3n) is 2.33. The van der Waals surface area contributed by atoms with E-state index >= 15 is 0 Å². The van der Waals surface area contributed by atoms with Crippen molar-refractivity contribution in [2.45, 2.75) is 9.79 Å². The summed E-state index contributed by atoms with van der Waals surface area (Å²) >= 11 is 0. The maximum atomic E-state index is 12.0. The first-order chi connectivity index (χ1) is 8.75. The van der Waals surface area contributed by atoms with Gasteiger partial charge in [0.25, 0.3) is 20.0 Å². The maximum absolute atomic E-state index is 12.0. The fraction of sp³-hybridized carbons (Fsp3) is 0.333. The molecule has 0 aliphatic rings. The van der Waals surface area contributed by atoms with Gasteiger partial charge in [-0.05, 0) is 32.3 Å². The Hall–Kier alpha value is -1.04. The van der Waals surface area contributed by atoms with E-state index in [0.717, 1.165) is 10.5 Å². The van der Waals surface area contributed by atoms with Crippen LogP contribution >= 0.6 is 0 Å². The minimum atomic E-state index is -3.79. The van der Waals surface area contributed by atoms with Crippen molar-refractivity contribution in [3.05, 3.63) is 24.3 Å². The Morgan fingerprint density at radius 3 is 2.16 bits per heavy atom. The SMILES string of the molecule is CNNS(=O)(=O)c1cccc(S(=O)(=O)N(C)NC)c1. The first-order valence-electron chi connectivity index (χ1n) is 5.20. The number of hydrogen-bond donors (Lipinski definition) is 3. The molecule has 0 aliphatic carbocycles. The summed E-state index contributed by atoms with van der Waals surface area (Å²) in [6.45, 7) is 0. The maximum Gasteiger partial charge on any atom is 0.255 e. The van der Waals surface area contributed by atoms with E-state index in [1.165, 1.54) is 39.3 Å². The number of hydrazine groups is 2. The number of rotatable bonds is 6. The van der Waals surface area contributed by atoms with Gasteiger partial charge in [0.2, 0.25) is 0 Å². The second-order valence-corrected chi connectivity index (χ2v) is 7.18. The quantitative estimate of drug-likeness (QED) is 0.573. The van der Waals surface area contributed by atoms with E-state index in [0.29, 0.717) is 0 Å². The lowest BCUT2D eigenvalue weighted by Crippen LogP contribution is -2.37. The number of nitrogens with one attached hydrogen (secondary N) is 3. The van der Waals surface area contributed by atoms with E-state index < -0.39 is 20.0 Å². The summed E-state index contributed by atoms with van der Waals surface area (Å²) in [5, 5.41) is 0. The lowest BCUT2D eigenvalue weighted by molar-refractivity contribution is 0.403. The minimum absolute atomic E-state index is 0.122. The predicted molar refractivity (Wildman–Crippen MR) is 69.8 cm³/mol. The zero-order valence-electron chi connectivity index (χ0n) is 10.7. The van der Waals surface area contributed by atoms with E-state index in [-0.39, 0.29) is 9.79 Å². The normalized spacial score (nSPS) is 12.8. The van der Waals surface area contributed by atoms with Gasteiger partial charge in [-0.15, -0.1) is 9.25 Å². The number of nitrogens with zero attached hydrogens (tertiary/aromatic N) is 1. The van der Waals surface area contributed by atoms with E-state index in [4.69, 9.17) is 0 Å². The van der Waals surface area contributed by atoms with Crippen molar-refractivity contribution in [2.24, 2.45) is 0 Å². The molecule has 0 amide bonds. The van der Waals surface area contributed by atoms with Gasteiger partial charge in [0.1, 0.15) is 0 Å². The Morgan fingerprint density at radius 1 is 1.05 bits per heavy atom. The molecule has 0 saturated carbocycles. The Labute approximate surface area is 112 Å². The predicted octanol–water partition coefficient (Wildman–Crippen LogP) is -1.15. The van der Waals surface area contributed by atoms with Gasteiger partial charge < -0.3 is 0 Å². The van der Waals surface area contributed by atoms with Crippen LogP contribution in [-0.4, -0.2) is 42.4 Å². The first-order valence-corrected chi connectivity index (χ1v) is 8.13. The topological polar surface area (TPSA) is 108 Å². The molecule has 0 saturated heterocycles. The van der Waals surface area contributed by atoms with Crippen molar-refractivity contribution in [3.63, 3.8) is 0 Å². The molecule has 0 unspecified atom stereocenters. The van der Waals surface area contributed by atoms with E-state index in [1.54, 1.807) is 0 Å². The fourth-order valence-corrected chi connectivity index (χ4v) is 3.36. The van der Waals surface area contributed by atoms with Crippen LogP contribution in [0.5, 0.6) is 0 Å². The molecule has 0 spiro atoms. The Bertz CT molecular complexity index is 642. The van der Waals surface area contributed by atoms with E-state index in [9.17, 15) is 16.8 Å². The molecule has 0 fully saturated rings. The van der Waals surface area contributed by atoms with Gasteiger partial charge in [-0.2, -0.15) is 0 Å². The molecule has 1 rings (SSSR count). The summed E-state index contributed by atoms with van der Waals surface area (Å²) in [6.07, 6.45) is 0. The molecule has 0 atom stereocenters. The summed E-state index contributed by atoms with van der Waals surface area (Å²) in [5.41, 5.74) is 4.74. The molecule has 19 heavy (non-hydrogen) atoms. The van der Waals surface area contributed by atoms with E-state index in [1.807, 2.05) is 0 Å². The summed E-state index contributed by atoms with van der Waals surface area (Å²) in [7, 11) is -3.40. The first kappa shape index (κ1) is 16.0. The second kappa shape index (κ2) is 5.94. The van der Waals surface area contributed by atoms with Crippen molar-refractivity contribution in [3.8, 4) is 0 Å². The molecule has 10 heteroatoms. The summed E-state index contributed by atoms with van der Waals surface area (Å²) in [5.74, 6) is 0. The molecule has 0 aliphatic heterocycles. The Kier molecular flexibility index (Phi) is 5.01. The highest BCUT2D eigenvalue weighted by Gasteiger charge is 2.22. The molecule has 3 N–H and O–H groups in total. The molecule has 0 radical (unpaired) electrons. The summed E-state index contributed by atoms with van der Waals surface area (Å²) in [6, 6.07) is 5.07. The van der Waals surface area contributed by atoms with Crippen LogP contribution in [-0.2, 0) is 20.0 Å². The van der Waals surface area contributed by atoms with Gasteiger partial charge in [-0.25, -0.2) is 27.7 Å². The molecule has 0 bridgehead atoms. The third-order valence-corrected chi connectivity index (χ3v) is 5.43. The lowest BCUT2D eigenvalue weighted by atomic mass is 10.4. The number of benzene rings is 1. The largest absolute Gasteiger partial charge is 0.255 e. The highest BCUT2D eigenvalue weighted by atomic mass is 32.2. The fourth-order valence-electron chi connectivity index (χ4n) is 1.27. The highest BCUT2D eigenvalue weighted by Crippen LogP contribution is 2.17. The van der Waals surface area contributed by atoms with E-state index in [2.05, 4.69) is 15.7 Å². The zero-order valence-corrected chi connectivity index (χ0v) is 12.3. The van der Waals surface area contributed by atoms with Crippen molar-refractivity contribution in [1.29, 1.82) is 0 Å². The van der Waals surface area contributed by atoms with Crippen LogP contribution in [0.4, 0.5) is 0 Å². The molecule has 0 heterocycles. The van der Waals surface area contributed by atoms with Crippen LogP contribution in [0.1, 0.15) is 0 Å². The minimum Gasteiger partial charge on any atom is -0.247 e. The Balaban J connectivity index is 3.30. The molecule has 1 aromatic rings. The molecule has 8 nitrogen and oxygen atoms in total. The van der Waals surface area contributed by atoms with Crippen LogP contribution in [0.3, 0.4) is 0 Å². The molecule has 1 aromatic carbocycles. The van der Waals surface area contributed by atoms with Crippen LogP contribution in [0, 0.1) is 0 Å². The molecule has 0 aromatic heterocycles. The van der Waals surface area contributed by atoms with Gasteiger partial charge in [-0.3, -0.25) is 0 Å². The van der Waals surface area contributed by atoms with Crippen LogP contribution in [0.25, 0.3) is 0 Å². The standard InChI is InChI=1S/C9H16N4O4S2/c1-10-12-18(14,15)8-5-4-6-9(7-8)19(16,17)13(3)11-2/h4-7,10-12H,1-3H3. The third kappa shape index (κ3) is 3.49. The number of sulfonamides is 2. The van der Waals surface area contributed by atoms with Gasteiger partial charge in [0, 0.05) is 7.05 Å². The van der Waals surface area contributed by atoms with Crippen LogP contribution < -0.4 is 15.7 Å². The van der Waals surface area contributed by atoms with Gasteiger partial charge in [0.15, 0.2) is 0 Å². The van der Waals surface area contributed by atoms with Crippen molar-refractivity contribution < 1.29 is 16.8 Å². The molecule has 108 valence electrons. The smallest absolute Gasteiger partial charge is 0.247 e. The Morgan fingerprint density at radius 2 is 1.63 bits per heavy atom. The zero-order chi connectivity index (χ0) is 14.7. The number of hydrogen-bond acceptors (Lipinski definition) is 6. The van der Waals surface area contributed by atoms with Crippen molar-refractivity contribution >= 4 is 20.0 Å². The molecular weight excluding hydrogens is 292 g/mol. The highest BCUT2D eigenvalue weighted by molar-refractivity contribution is 7.90. The average molecular weight is 308 g/mol. The average Bonchev–Trinajstić information content (AvgIpc) is 2.37. The van der Waals surface area contributed by atoms with Crippen molar-refractivity contribution in [2.75, 3.05) is 21.1 Å². The summed E-state index contributed by atoms with van der Waals surface area (Å²) < 4.78 is 48.5. The van der Waals surface area contributed by atoms with Gasteiger partial charge >= 0.3 is 0 Å². The monoisotopic (exact) mass is 308 g/mol. The lowest BCUT2D eigenvalue weighted by Gasteiger charge is -2.16. The van der Waals surface area contributed by atoms with Gasteiger partial charge in [-0.1, -0.05) is 6.07 Å².